The number of H-pyrrole nitrogens is 1. The summed E-state index contributed by atoms with van der Waals surface area (Å²) in [6.45, 7) is 0.137. The number of aromatic amines is 1. The van der Waals surface area contributed by atoms with Crippen LogP contribution >= 0.6 is 0 Å². The number of hydrogen-bond acceptors (Lipinski definition) is 6. The molecule has 0 unspecified atom stereocenters. The smallest absolute Gasteiger partial charge is 0.329 e. The number of rotatable bonds is 9. The molecule has 0 bridgehead atoms. The van der Waals surface area contributed by atoms with E-state index in [4.69, 9.17) is 5.73 Å². The third-order valence-corrected chi connectivity index (χ3v) is 6.56. The van der Waals surface area contributed by atoms with Gasteiger partial charge in [0.1, 0.15) is 18.1 Å². The lowest BCUT2D eigenvalue weighted by Crippen LogP contribution is -2.55. The number of aromatic nitrogens is 2. The first-order valence-electron chi connectivity index (χ1n) is 12.1. The van der Waals surface area contributed by atoms with E-state index in [0.717, 1.165) is 9.47 Å². The summed E-state index contributed by atoms with van der Waals surface area (Å²) in [4.78, 5) is 80.4. The van der Waals surface area contributed by atoms with Crippen molar-refractivity contribution in [3.05, 3.63) is 81.0 Å². The molecule has 2 heterocycles. The fourth-order valence-electron chi connectivity index (χ4n) is 4.75. The Morgan fingerprint density at radius 2 is 1.74 bits per heavy atom. The number of aliphatic carboxylic acids is 1. The molecule has 198 valence electrons. The van der Waals surface area contributed by atoms with Crippen LogP contribution in [0.25, 0.3) is 10.9 Å². The van der Waals surface area contributed by atoms with Crippen molar-refractivity contribution in [3.63, 3.8) is 0 Å². The van der Waals surface area contributed by atoms with Crippen LogP contribution in [0, 0.1) is 0 Å². The summed E-state index contributed by atoms with van der Waals surface area (Å²) in [6, 6.07) is 11.0. The van der Waals surface area contributed by atoms with Crippen molar-refractivity contribution < 1.29 is 24.3 Å². The summed E-state index contributed by atoms with van der Waals surface area (Å²) >= 11 is 0. The van der Waals surface area contributed by atoms with Gasteiger partial charge in [0.05, 0.1) is 17.3 Å². The highest BCUT2D eigenvalue weighted by atomic mass is 16.4. The van der Waals surface area contributed by atoms with E-state index in [1.165, 1.54) is 6.07 Å². The zero-order valence-electron chi connectivity index (χ0n) is 20.3. The molecule has 3 aromatic rings. The van der Waals surface area contributed by atoms with Gasteiger partial charge in [0.25, 0.3) is 5.56 Å². The van der Waals surface area contributed by atoms with E-state index >= 15 is 0 Å². The maximum Gasteiger partial charge on any atom is 0.329 e. The SMILES string of the molecule is NC(=O)C[C@H](NC(=O)[C@H](Cc1ccccc1)n1c(=O)[nH]c2ccccc2c1=O)C(=O)N1CCC[C@H]1C(=O)O. The number of carboxylic acid groups (broad SMARTS) is 1. The first-order chi connectivity index (χ1) is 18.2. The average molecular weight is 522 g/mol. The Labute approximate surface area is 216 Å². The number of nitrogens with one attached hydrogen (secondary N) is 2. The van der Waals surface area contributed by atoms with Gasteiger partial charge in [-0.05, 0) is 30.5 Å². The highest BCUT2D eigenvalue weighted by Crippen LogP contribution is 2.20. The van der Waals surface area contributed by atoms with Crippen molar-refractivity contribution in [3.8, 4) is 0 Å². The fourth-order valence-corrected chi connectivity index (χ4v) is 4.75. The number of likely N-dealkylation sites (tertiary alicyclic amines) is 1. The number of amides is 3. The van der Waals surface area contributed by atoms with E-state index in [9.17, 15) is 33.9 Å². The molecule has 2 aromatic carbocycles. The average Bonchev–Trinajstić information content (AvgIpc) is 3.38. The van der Waals surface area contributed by atoms with E-state index < -0.39 is 59.5 Å². The molecular formula is C26H27N5O7. The van der Waals surface area contributed by atoms with E-state index in [2.05, 4.69) is 10.3 Å². The van der Waals surface area contributed by atoms with Crippen LogP contribution in [-0.2, 0) is 25.6 Å². The Morgan fingerprint density at radius 1 is 1.05 bits per heavy atom. The lowest BCUT2D eigenvalue weighted by atomic mass is 10.0. The standard InChI is InChI=1S/C26H27N5O7/c27-21(32)14-18(24(35)30-12-6-11-19(30)25(36)37)28-22(33)20(13-15-7-2-1-3-8-15)31-23(34)16-9-4-5-10-17(16)29-26(31)38/h1-5,7-10,18-20H,6,11-14H2,(H2,27,32)(H,28,33)(H,29,38)(H,36,37)/t18-,19-,20-/m0/s1. The molecule has 3 amide bonds. The number of carboxylic acids is 1. The maximum atomic E-state index is 13.7. The molecule has 0 spiro atoms. The number of nitrogens with zero attached hydrogens (tertiary/aromatic N) is 2. The minimum absolute atomic E-state index is 0.0764. The molecule has 1 aliphatic rings. The van der Waals surface area contributed by atoms with Crippen LogP contribution in [0.15, 0.2) is 64.2 Å². The Hall–Kier alpha value is -4.74. The van der Waals surface area contributed by atoms with Crippen LogP contribution in [0.1, 0.15) is 30.9 Å². The van der Waals surface area contributed by atoms with Gasteiger partial charge < -0.3 is 26.0 Å². The largest absolute Gasteiger partial charge is 0.480 e. The predicted molar refractivity (Wildman–Crippen MR) is 136 cm³/mol. The first kappa shape index (κ1) is 26.3. The Morgan fingerprint density at radius 3 is 2.42 bits per heavy atom. The van der Waals surface area contributed by atoms with Crippen molar-refractivity contribution in [2.75, 3.05) is 6.54 Å². The summed E-state index contributed by atoms with van der Waals surface area (Å²) in [5.74, 6) is -3.74. The normalized spacial score (nSPS) is 16.6. The number of carbonyl (C=O) groups excluding carboxylic acids is 3. The number of fused-ring (bicyclic) bond motifs is 1. The zero-order valence-corrected chi connectivity index (χ0v) is 20.3. The highest BCUT2D eigenvalue weighted by molar-refractivity contribution is 5.94. The topological polar surface area (TPSA) is 185 Å². The summed E-state index contributed by atoms with van der Waals surface area (Å²) in [7, 11) is 0. The molecule has 12 nitrogen and oxygen atoms in total. The number of benzene rings is 2. The lowest BCUT2D eigenvalue weighted by Gasteiger charge is -2.28. The maximum absolute atomic E-state index is 13.7. The fraction of sp³-hybridized carbons (Fsp3) is 0.308. The van der Waals surface area contributed by atoms with Gasteiger partial charge in [-0.1, -0.05) is 42.5 Å². The molecule has 1 fully saturated rings. The lowest BCUT2D eigenvalue weighted by molar-refractivity contribution is -0.149. The number of para-hydroxylation sites is 1. The van der Waals surface area contributed by atoms with Gasteiger partial charge in [-0.3, -0.25) is 19.2 Å². The molecule has 4 rings (SSSR count). The van der Waals surface area contributed by atoms with Crippen LogP contribution in [0.5, 0.6) is 0 Å². The second-order valence-corrected chi connectivity index (χ2v) is 9.12. The van der Waals surface area contributed by atoms with Gasteiger partial charge in [-0.15, -0.1) is 0 Å². The summed E-state index contributed by atoms with van der Waals surface area (Å²) in [5, 5.41) is 12.1. The molecule has 1 saturated heterocycles. The van der Waals surface area contributed by atoms with Crippen molar-refractivity contribution in [1.82, 2.24) is 19.8 Å². The molecule has 0 aliphatic carbocycles. The molecule has 3 atom stereocenters. The monoisotopic (exact) mass is 521 g/mol. The van der Waals surface area contributed by atoms with Gasteiger partial charge in [0.15, 0.2) is 0 Å². The molecule has 1 aliphatic heterocycles. The third-order valence-electron chi connectivity index (χ3n) is 6.56. The minimum atomic E-state index is -1.48. The second kappa shape index (κ2) is 11.1. The molecule has 12 heteroatoms. The Bertz CT molecular complexity index is 1500. The molecule has 5 N–H and O–H groups in total. The number of hydrogen-bond donors (Lipinski definition) is 4. The first-order valence-corrected chi connectivity index (χ1v) is 12.1. The van der Waals surface area contributed by atoms with Gasteiger partial charge in [0, 0.05) is 13.0 Å². The van der Waals surface area contributed by atoms with Crippen LogP contribution in [-0.4, -0.2) is 61.9 Å². The van der Waals surface area contributed by atoms with Crippen molar-refractivity contribution >= 4 is 34.6 Å². The summed E-state index contributed by atoms with van der Waals surface area (Å²) < 4.78 is 0.784. The number of primary amides is 1. The molecule has 38 heavy (non-hydrogen) atoms. The van der Waals surface area contributed by atoms with Gasteiger partial charge in [0.2, 0.25) is 17.7 Å². The summed E-state index contributed by atoms with van der Waals surface area (Å²) in [5.41, 5.74) is 4.74. The number of carbonyl (C=O) groups is 4. The van der Waals surface area contributed by atoms with Crippen molar-refractivity contribution in [2.24, 2.45) is 5.73 Å². The van der Waals surface area contributed by atoms with Crippen LogP contribution in [0.3, 0.4) is 0 Å². The van der Waals surface area contributed by atoms with E-state index in [1.807, 2.05) is 0 Å². The number of nitrogens with two attached hydrogens (primary N) is 1. The minimum Gasteiger partial charge on any atom is -0.480 e. The van der Waals surface area contributed by atoms with Crippen molar-refractivity contribution in [2.45, 2.75) is 43.8 Å². The van der Waals surface area contributed by atoms with Crippen LogP contribution < -0.4 is 22.3 Å². The van der Waals surface area contributed by atoms with Crippen LogP contribution in [0.4, 0.5) is 0 Å². The third kappa shape index (κ3) is 5.48. The van der Waals surface area contributed by atoms with Crippen molar-refractivity contribution in [1.29, 1.82) is 0 Å². The highest BCUT2D eigenvalue weighted by Gasteiger charge is 2.39. The summed E-state index contributed by atoms with van der Waals surface area (Å²) in [6.07, 6.45) is 0.0105. The van der Waals surface area contributed by atoms with Gasteiger partial charge in [-0.25, -0.2) is 14.2 Å². The second-order valence-electron chi connectivity index (χ2n) is 9.12. The molecule has 0 radical (unpaired) electrons. The van der Waals surface area contributed by atoms with Gasteiger partial charge in [-0.2, -0.15) is 0 Å². The van der Waals surface area contributed by atoms with E-state index in [-0.39, 0.29) is 24.8 Å². The van der Waals surface area contributed by atoms with E-state index in [1.54, 1.807) is 48.5 Å². The molecule has 1 aromatic heterocycles. The van der Waals surface area contributed by atoms with Crippen LogP contribution in [0.2, 0.25) is 0 Å². The quantitative estimate of drug-likeness (QED) is 0.303. The Kier molecular flexibility index (Phi) is 7.70. The van der Waals surface area contributed by atoms with E-state index in [0.29, 0.717) is 17.5 Å². The predicted octanol–water partition coefficient (Wildman–Crippen LogP) is -0.0906. The molecule has 0 saturated carbocycles. The van der Waals surface area contributed by atoms with Gasteiger partial charge >= 0.3 is 11.7 Å². The zero-order chi connectivity index (χ0) is 27.4. The molecular weight excluding hydrogens is 494 g/mol. The Balaban J connectivity index is 1.73.